The summed E-state index contributed by atoms with van der Waals surface area (Å²) in [6.45, 7) is 0.961. The Hall–Kier alpha value is -1.61. The van der Waals surface area contributed by atoms with E-state index in [4.69, 9.17) is 0 Å². The summed E-state index contributed by atoms with van der Waals surface area (Å²) in [5.74, 6) is 0. The monoisotopic (exact) mass is 255 g/mol. The van der Waals surface area contributed by atoms with Crippen LogP contribution in [0, 0.1) is 0 Å². The maximum atomic E-state index is 4.47. The predicted octanol–water partition coefficient (Wildman–Crippen LogP) is 3.12. The molecule has 0 saturated heterocycles. The summed E-state index contributed by atoms with van der Waals surface area (Å²) < 4.78 is 2.26. The molecule has 0 fully saturated rings. The molecule has 0 amide bonds. The van der Waals surface area contributed by atoms with Crippen LogP contribution in [0.1, 0.15) is 25.7 Å². The van der Waals surface area contributed by atoms with Crippen molar-refractivity contribution in [2.24, 2.45) is 0 Å². The molecule has 19 heavy (non-hydrogen) atoms. The van der Waals surface area contributed by atoms with Gasteiger partial charge in [-0.3, -0.25) is 0 Å². The molecule has 1 unspecified atom stereocenters. The zero-order valence-electron chi connectivity index (χ0n) is 11.5. The van der Waals surface area contributed by atoms with Gasteiger partial charge in [0.05, 0.1) is 17.4 Å². The van der Waals surface area contributed by atoms with Crippen molar-refractivity contribution in [3.63, 3.8) is 0 Å². The second-order valence-corrected chi connectivity index (χ2v) is 5.25. The van der Waals surface area contributed by atoms with Crippen molar-refractivity contribution in [2.75, 3.05) is 7.05 Å². The second-order valence-electron chi connectivity index (χ2n) is 5.25. The summed E-state index contributed by atoms with van der Waals surface area (Å²) in [5.41, 5.74) is 3.86. The van der Waals surface area contributed by atoms with Crippen molar-refractivity contribution >= 4 is 11.0 Å². The number of hydrogen-bond donors (Lipinski definition) is 1. The molecule has 1 aliphatic carbocycles. The molecule has 3 nitrogen and oxygen atoms in total. The van der Waals surface area contributed by atoms with Gasteiger partial charge in [-0.2, -0.15) is 0 Å². The second kappa shape index (κ2) is 5.57. The largest absolute Gasteiger partial charge is 0.329 e. The molecule has 0 saturated carbocycles. The van der Waals surface area contributed by atoms with Crippen LogP contribution in [0.25, 0.3) is 11.0 Å². The summed E-state index contributed by atoms with van der Waals surface area (Å²) in [5, 5.41) is 3.46. The lowest BCUT2D eigenvalue weighted by Gasteiger charge is -2.23. The predicted molar refractivity (Wildman–Crippen MR) is 79.1 cm³/mol. The number of nitrogens with one attached hydrogen (secondary N) is 1. The van der Waals surface area contributed by atoms with E-state index in [0.717, 1.165) is 12.1 Å². The van der Waals surface area contributed by atoms with Gasteiger partial charge < -0.3 is 9.88 Å². The first-order valence-electron chi connectivity index (χ1n) is 7.14. The minimum atomic E-state index is 0.429. The number of allylic oxidation sites excluding steroid dienone is 1. The number of nitrogens with zero attached hydrogens (tertiary/aromatic N) is 2. The van der Waals surface area contributed by atoms with Crippen molar-refractivity contribution in [1.82, 2.24) is 14.9 Å². The molecule has 1 aromatic heterocycles. The topological polar surface area (TPSA) is 29.9 Å². The SMILES string of the molecule is CNC(Cn1cnc2ccccc21)C1=CCCCC1. The summed E-state index contributed by atoms with van der Waals surface area (Å²) in [6.07, 6.45) is 9.52. The van der Waals surface area contributed by atoms with E-state index in [1.54, 1.807) is 5.57 Å². The van der Waals surface area contributed by atoms with E-state index in [1.807, 2.05) is 12.4 Å². The van der Waals surface area contributed by atoms with Gasteiger partial charge in [0.25, 0.3) is 0 Å². The molecule has 0 radical (unpaired) electrons. The number of aromatic nitrogens is 2. The molecule has 1 heterocycles. The zero-order valence-corrected chi connectivity index (χ0v) is 11.5. The third-order valence-corrected chi connectivity index (χ3v) is 4.03. The molecule has 1 aromatic carbocycles. The number of fused-ring (bicyclic) bond motifs is 1. The van der Waals surface area contributed by atoms with Gasteiger partial charge in [-0.25, -0.2) is 4.98 Å². The molecule has 1 atom stereocenters. The average Bonchev–Trinajstić information content (AvgIpc) is 2.89. The highest BCUT2D eigenvalue weighted by Crippen LogP contribution is 2.22. The van der Waals surface area contributed by atoms with E-state index in [0.29, 0.717) is 6.04 Å². The van der Waals surface area contributed by atoms with Crippen molar-refractivity contribution < 1.29 is 0 Å². The van der Waals surface area contributed by atoms with Crippen molar-refractivity contribution in [3.8, 4) is 0 Å². The van der Waals surface area contributed by atoms with Gasteiger partial charge in [0, 0.05) is 12.6 Å². The molecule has 3 rings (SSSR count). The molecule has 0 bridgehead atoms. The summed E-state index contributed by atoms with van der Waals surface area (Å²) in [4.78, 5) is 4.47. The van der Waals surface area contributed by atoms with Crippen LogP contribution >= 0.6 is 0 Å². The lowest BCUT2D eigenvalue weighted by molar-refractivity contribution is 0.509. The Morgan fingerprint density at radius 1 is 1.32 bits per heavy atom. The number of para-hydroxylation sites is 2. The van der Waals surface area contributed by atoms with E-state index < -0.39 is 0 Å². The van der Waals surface area contributed by atoms with E-state index in [-0.39, 0.29) is 0 Å². The zero-order chi connectivity index (χ0) is 13.1. The number of rotatable bonds is 4. The quantitative estimate of drug-likeness (QED) is 0.851. The summed E-state index contributed by atoms with van der Waals surface area (Å²) >= 11 is 0. The lowest BCUT2D eigenvalue weighted by Crippen LogP contribution is -2.32. The number of likely N-dealkylation sites (N-methyl/N-ethyl adjacent to an activating group) is 1. The van der Waals surface area contributed by atoms with Gasteiger partial charge >= 0.3 is 0 Å². The normalized spacial score (nSPS) is 17.4. The van der Waals surface area contributed by atoms with Crippen LogP contribution in [0.4, 0.5) is 0 Å². The Bertz CT molecular complexity index is 582. The Labute approximate surface area is 114 Å². The van der Waals surface area contributed by atoms with E-state index in [2.05, 4.69) is 46.2 Å². The van der Waals surface area contributed by atoms with Crippen LogP contribution in [-0.2, 0) is 6.54 Å². The highest BCUT2D eigenvalue weighted by atomic mass is 15.1. The van der Waals surface area contributed by atoms with Gasteiger partial charge in [0.15, 0.2) is 0 Å². The van der Waals surface area contributed by atoms with Crippen LogP contribution in [0.2, 0.25) is 0 Å². The lowest BCUT2D eigenvalue weighted by atomic mass is 9.94. The number of benzene rings is 1. The highest BCUT2D eigenvalue weighted by molar-refractivity contribution is 5.74. The molecule has 0 aliphatic heterocycles. The first kappa shape index (κ1) is 12.4. The fourth-order valence-electron chi connectivity index (χ4n) is 2.93. The maximum absolute atomic E-state index is 4.47. The first-order valence-corrected chi connectivity index (χ1v) is 7.14. The Kier molecular flexibility index (Phi) is 3.65. The molecule has 2 aromatic rings. The smallest absolute Gasteiger partial charge is 0.0958 e. The first-order chi connectivity index (χ1) is 9.38. The van der Waals surface area contributed by atoms with Gasteiger partial charge in [-0.15, -0.1) is 0 Å². The van der Waals surface area contributed by atoms with Crippen LogP contribution in [0.3, 0.4) is 0 Å². The summed E-state index contributed by atoms with van der Waals surface area (Å²) in [6, 6.07) is 8.76. The van der Waals surface area contributed by atoms with E-state index >= 15 is 0 Å². The van der Waals surface area contributed by atoms with Gasteiger partial charge in [-0.05, 0) is 44.9 Å². The molecule has 0 spiro atoms. The van der Waals surface area contributed by atoms with Crippen LogP contribution in [0.15, 0.2) is 42.2 Å². The Morgan fingerprint density at radius 3 is 3.00 bits per heavy atom. The third-order valence-electron chi connectivity index (χ3n) is 4.03. The number of hydrogen-bond acceptors (Lipinski definition) is 2. The minimum absolute atomic E-state index is 0.429. The Balaban J connectivity index is 1.84. The molecule has 1 N–H and O–H groups in total. The molecular formula is C16H21N3. The molecule has 100 valence electrons. The standard InChI is InChI=1S/C16H21N3/c1-17-15(13-7-3-2-4-8-13)11-19-12-18-14-9-5-6-10-16(14)19/h5-7,9-10,12,15,17H,2-4,8,11H2,1H3. The number of imidazole rings is 1. The molecule has 3 heteroatoms. The Morgan fingerprint density at radius 2 is 2.21 bits per heavy atom. The van der Waals surface area contributed by atoms with Gasteiger partial charge in [-0.1, -0.05) is 23.8 Å². The average molecular weight is 255 g/mol. The molecular weight excluding hydrogens is 234 g/mol. The molecule has 1 aliphatic rings. The highest BCUT2D eigenvalue weighted by Gasteiger charge is 2.15. The van der Waals surface area contributed by atoms with Crippen molar-refractivity contribution in [1.29, 1.82) is 0 Å². The summed E-state index contributed by atoms with van der Waals surface area (Å²) in [7, 11) is 2.05. The van der Waals surface area contributed by atoms with Crippen LogP contribution in [0.5, 0.6) is 0 Å². The van der Waals surface area contributed by atoms with Gasteiger partial charge in [0.2, 0.25) is 0 Å². The van der Waals surface area contributed by atoms with Crippen LogP contribution < -0.4 is 5.32 Å². The third kappa shape index (κ3) is 2.56. The van der Waals surface area contributed by atoms with Gasteiger partial charge in [0.1, 0.15) is 0 Å². The van der Waals surface area contributed by atoms with Crippen LogP contribution in [-0.4, -0.2) is 22.6 Å². The fourth-order valence-corrected chi connectivity index (χ4v) is 2.93. The van der Waals surface area contributed by atoms with Crippen molar-refractivity contribution in [3.05, 3.63) is 42.2 Å². The van der Waals surface area contributed by atoms with Crippen molar-refractivity contribution in [2.45, 2.75) is 38.3 Å². The minimum Gasteiger partial charge on any atom is -0.329 e. The van der Waals surface area contributed by atoms with E-state index in [9.17, 15) is 0 Å². The maximum Gasteiger partial charge on any atom is 0.0958 e. The fraction of sp³-hybridized carbons (Fsp3) is 0.438. The van der Waals surface area contributed by atoms with E-state index in [1.165, 1.54) is 31.2 Å².